The first kappa shape index (κ1) is 20.9. The lowest BCUT2D eigenvalue weighted by Gasteiger charge is -2.09. The van der Waals surface area contributed by atoms with Crippen molar-refractivity contribution in [3.05, 3.63) is 99.9 Å². The number of nitrogens with zero attached hydrogens (tertiary/aromatic N) is 2. The van der Waals surface area contributed by atoms with Crippen LogP contribution in [0.1, 0.15) is 16.1 Å². The van der Waals surface area contributed by atoms with Gasteiger partial charge in [-0.3, -0.25) is 4.79 Å². The molecule has 0 radical (unpaired) electrons. The molecule has 8 heteroatoms. The molecule has 4 aromatic rings. The van der Waals surface area contributed by atoms with E-state index in [1.54, 1.807) is 60.7 Å². The van der Waals surface area contributed by atoms with Gasteiger partial charge in [0.15, 0.2) is 11.4 Å². The summed E-state index contributed by atoms with van der Waals surface area (Å²) in [5, 5.41) is 18.9. The van der Waals surface area contributed by atoms with E-state index < -0.39 is 5.91 Å². The Bertz CT molecular complexity index is 1240. The highest BCUT2D eigenvalue weighted by atomic mass is 35.5. The van der Waals surface area contributed by atoms with E-state index >= 15 is 0 Å². The topological polar surface area (TPSA) is 67.2 Å². The Labute approximate surface area is 187 Å². The van der Waals surface area contributed by atoms with Gasteiger partial charge in [0, 0.05) is 17.1 Å². The fourth-order valence-electron chi connectivity index (χ4n) is 3.10. The van der Waals surface area contributed by atoms with Crippen molar-refractivity contribution < 1.29 is 14.3 Å². The van der Waals surface area contributed by atoms with Crippen LogP contribution in [0.2, 0.25) is 10.0 Å². The number of benzene rings is 3. The number of para-hydroxylation sites is 1. The summed E-state index contributed by atoms with van der Waals surface area (Å²) < 4.78 is 14.5. The minimum Gasteiger partial charge on any atom is -0.504 e. The van der Waals surface area contributed by atoms with Crippen LogP contribution in [0.3, 0.4) is 0 Å². The van der Waals surface area contributed by atoms with Gasteiger partial charge in [-0.1, -0.05) is 59.6 Å². The third-order valence-corrected chi connectivity index (χ3v) is 5.21. The average molecular weight is 456 g/mol. The van der Waals surface area contributed by atoms with Crippen LogP contribution < -0.4 is 5.32 Å². The maximum Gasteiger partial charge on any atom is 0.275 e. The zero-order valence-electron chi connectivity index (χ0n) is 16.0. The second kappa shape index (κ2) is 8.79. The number of rotatable bonds is 5. The molecule has 0 unspecified atom stereocenters. The van der Waals surface area contributed by atoms with Gasteiger partial charge in [-0.2, -0.15) is 5.10 Å². The van der Waals surface area contributed by atoms with Gasteiger partial charge in [-0.05, 0) is 42.0 Å². The van der Waals surface area contributed by atoms with Crippen LogP contribution in [0.15, 0.2) is 72.8 Å². The predicted molar refractivity (Wildman–Crippen MR) is 118 cm³/mol. The molecule has 0 atom stereocenters. The zero-order valence-corrected chi connectivity index (χ0v) is 17.5. The summed E-state index contributed by atoms with van der Waals surface area (Å²) >= 11 is 12.3. The minimum atomic E-state index is -0.581. The van der Waals surface area contributed by atoms with Gasteiger partial charge in [0.1, 0.15) is 11.5 Å². The number of carbonyl (C=O) groups excluding carboxylic acids is 1. The van der Waals surface area contributed by atoms with Gasteiger partial charge in [0.25, 0.3) is 5.91 Å². The Hall–Kier alpha value is -3.35. The number of aromatic nitrogens is 2. The number of hydrogen-bond donors (Lipinski definition) is 2. The van der Waals surface area contributed by atoms with Gasteiger partial charge in [0.05, 0.1) is 10.7 Å². The van der Waals surface area contributed by atoms with Crippen molar-refractivity contribution in [3.8, 4) is 22.7 Å². The molecule has 1 amide bonds. The molecule has 1 aromatic heterocycles. The van der Waals surface area contributed by atoms with Gasteiger partial charge in [-0.25, -0.2) is 9.07 Å². The Morgan fingerprint density at radius 1 is 1.00 bits per heavy atom. The van der Waals surface area contributed by atoms with Crippen molar-refractivity contribution in [2.75, 3.05) is 0 Å². The first-order chi connectivity index (χ1) is 14.9. The predicted octanol–water partition coefficient (Wildman–Crippen LogP) is 5.62. The van der Waals surface area contributed by atoms with Crippen molar-refractivity contribution in [2.45, 2.75) is 6.54 Å². The largest absolute Gasteiger partial charge is 0.504 e. The van der Waals surface area contributed by atoms with Crippen molar-refractivity contribution in [1.82, 2.24) is 15.1 Å². The molecule has 0 fully saturated rings. The highest BCUT2D eigenvalue weighted by Gasteiger charge is 2.25. The van der Waals surface area contributed by atoms with Crippen molar-refractivity contribution >= 4 is 29.1 Å². The standard InChI is InChI=1S/C23H16Cl2FN3O2/c24-16-9-7-15(8-10-16)21-22(30)20(28-29(21)19-4-2-1-3-18(19)25)23(31)27-13-14-5-11-17(26)12-6-14/h1-12,30H,13H2,(H,27,31). The molecular formula is C23H16Cl2FN3O2. The Morgan fingerprint density at radius 2 is 1.68 bits per heavy atom. The number of aromatic hydroxyl groups is 1. The van der Waals surface area contributed by atoms with E-state index in [9.17, 15) is 14.3 Å². The molecule has 0 bridgehead atoms. The second-order valence-corrected chi connectivity index (χ2v) is 7.57. The fourth-order valence-corrected chi connectivity index (χ4v) is 3.44. The highest BCUT2D eigenvalue weighted by Crippen LogP contribution is 2.36. The third-order valence-electron chi connectivity index (χ3n) is 4.64. The molecule has 0 aliphatic rings. The summed E-state index contributed by atoms with van der Waals surface area (Å²) in [5.41, 5.74) is 1.95. The van der Waals surface area contributed by atoms with E-state index in [-0.39, 0.29) is 23.8 Å². The normalized spacial score (nSPS) is 10.8. The summed E-state index contributed by atoms with van der Waals surface area (Å²) in [6, 6.07) is 19.5. The molecule has 0 spiro atoms. The SMILES string of the molecule is O=C(NCc1ccc(F)cc1)c1nn(-c2ccccc2Cl)c(-c2ccc(Cl)cc2)c1O. The number of amides is 1. The van der Waals surface area contributed by atoms with Crippen LogP contribution in [0.4, 0.5) is 4.39 Å². The van der Waals surface area contributed by atoms with Crippen LogP contribution >= 0.6 is 23.2 Å². The molecule has 1 heterocycles. The van der Waals surface area contributed by atoms with E-state index in [1.165, 1.54) is 16.8 Å². The second-order valence-electron chi connectivity index (χ2n) is 6.73. The molecule has 4 rings (SSSR count). The van der Waals surface area contributed by atoms with E-state index in [1.807, 2.05) is 0 Å². The lowest BCUT2D eigenvalue weighted by molar-refractivity contribution is 0.0943. The minimum absolute atomic E-state index is 0.147. The lowest BCUT2D eigenvalue weighted by Crippen LogP contribution is -2.23. The first-order valence-electron chi connectivity index (χ1n) is 9.29. The molecule has 156 valence electrons. The molecule has 0 aliphatic heterocycles. The molecule has 0 saturated heterocycles. The van der Waals surface area contributed by atoms with Crippen LogP contribution in [0, 0.1) is 5.82 Å². The lowest BCUT2D eigenvalue weighted by atomic mass is 10.1. The molecule has 5 nitrogen and oxygen atoms in total. The Morgan fingerprint density at radius 3 is 2.35 bits per heavy atom. The van der Waals surface area contributed by atoms with Gasteiger partial charge >= 0.3 is 0 Å². The van der Waals surface area contributed by atoms with Gasteiger partial charge < -0.3 is 10.4 Å². The van der Waals surface area contributed by atoms with Crippen molar-refractivity contribution in [1.29, 1.82) is 0 Å². The van der Waals surface area contributed by atoms with Crippen molar-refractivity contribution in [2.24, 2.45) is 0 Å². The third kappa shape index (κ3) is 4.40. The van der Waals surface area contributed by atoms with E-state index in [2.05, 4.69) is 10.4 Å². The summed E-state index contributed by atoms with van der Waals surface area (Å²) in [5.74, 6) is -1.24. The highest BCUT2D eigenvalue weighted by molar-refractivity contribution is 6.32. The maximum absolute atomic E-state index is 13.1. The maximum atomic E-state index is 13.1. The monoisotopic (exact) mass is 455 g/mol. The van der Waals surface area contributed by atoms with Crippen LogP contribution in [-0.4, -0.2) is 20.8 Å². The fraction of sp³-hybridized carbons (Fsp3) is 0.0435. The van der Waals surface area contributed by atoms with E-state index in [4.69, 9.17) is 23.2 Å². The first-order valence-corrected chi connectivity index (χ1v) is 10.0. The van der Waals surface area contributed by atoms with Crippen LogP contribution in [0.5, 0.6) is 5.75 Å². The van der Waals surface area contributed by atoms with Crippen molar-refractivity contribution in [3.63, 3.8) is 0 Å². The quantitative estimate of drug-likeness (QED) is 0.410. The zero-order chi connectivity index (χ0) is 22.0. The number of nitrogens with one attached hydrogen (secondary N) is 1. The summed E-state index contributed by atoms with van der Waals surface area (Å²) in [6.45, 7) is 0.147. The molecule has 0 aliphatic carbocycles. The number of hydrogen-bond acceptors (Lipinski definition) is 3. The summed E-state index contributed by atoms with van der Waals surface area (Å²) in [7, 11) is 0. The molecule has 2 N–H and O–H groups in total. The number of halogens is 3. The van der Waals surface area contributed by atoms with Crippen LogP contribution in [-0.2, 0) is 6.54 Å². The number of carbonyl (C=O) groups is 1. The molecule has 31 heavy (non-hydrogen) atoms. The summed E-state index contributed by atoms with van der Waals surface area (Å²) in [6.07, 6.45) is 0. The summed E-state index contributed by atoms with van der Waals surface area (Å²) in [4.78, 5) is 12.8. The van der Waals surface area contributed by atoms with Crippen LogP contribution in [0.25, 0.3) is 16.9 Å². The van der Waals surface area contributed by atoms with E-state index in [0.29, 0.717) is 32.6 Å². The molecule has 0 saturated carbocycles. The molecular weight excluding hydrogens is 440 g/mol. The average Bonchev–Trinajstić information content (AvgIpc) is 3.11. The van der Waals surface area contributed by atoms with Gasteiger partial charge in [-0.15, -0.1) is 0 Å². The molecule has 3 aromatic carbocycles. The Balaban J connectivity index is 1.74. The Kier molecular flexibility index (Phi) is 5.93. The smallest absolute Gasteiger partial charge is 0.275 e. The van der Waals surface area contributed by atoms with E-state index in [0.717, 1.165) is 0 Å². The van der Waals surface area contributed by atoms with Gasteiger partial charge in [0.2, 0.25) is 0 Å².